The molecule has 0 amide bonds. The Labute approximate surface area is 180 Å². The molecule has 1 N–H and O–H groups in total. The van der Waals surface area contributed by atoms with Crippen LogP contribution < -0.4 is 4.72 Å². The van der Waals surface area contributed by atoms with E-state index in [0.717, 1.165) is 12.1 Å². The van der Waals surface area contributed by atoms with Gasteiger partial charge in [0.1, 0.15) is 17.5 Å². The monoisotopic (exact) mass is 459 g/mol. The molecule has 2 rings (SSSR count). The van der Waals surface area contributed by atoms with Crippen LogP contribution in [0.3, 0.4) is 0 Å². The Morgan fingerprint density at radius 2 is 1.77 bits per heavy atom. The fraction of sp³-hybridized carbons (Fsp3) is 0.524. The first-order chi connectivity index (χ1) is 14.4. The Kier molecular flexibility index (Phi) is 8.16. The Morgan fingerprint density at radius 3 is 2.32 bits per heavy atom. The smallest absolute Gasteiger partial charge is 0.335 e. The second-order valence-corrected chi connectivity index (χ2v) is 9.74. The van der Waals surface area contributed by atoms with Gasteiger partial charge in [0.25, 0.3) is 0 Å². The minimum absolute atomic E-state index is 0.0331. The third kappa shape index (κ3) is 6.49. The van der Waals surface area contributed by atoms with Gasteiger partial charge in [-0.05, 0) is 50.8 Å². The minimum Gasteiger partial charge on any atom is -0.461 e. The fourth-order valence-electron chi connectivity index (χ4n) is 3.01. The lowest BCUT2D eigenvalue weighted by Gasteiger charge is -2.24. The van der Waals surface area contributed by atoms with E-state index in [1.165, 1.54) is 6.08 Å². The summed E-state index contributed by atoms with van der Waals surface area (Å²) in [5.74, 6) is -4.03. The van der Waals surface area contributed by atoms with Crippen LogP contribution >= 0.6 is 0 Å². The summed E-state index contributed by atoms with van der Waals surface area (Å²) >= 11 is 0. The molecule has 0 bridgehead atoms. The highest BCUT2D eigenvalue weighted by Gasteiger charge is 2.36. The zero-order valence-electron chi connectivity index (χ0n) is 17.9. The van der Waals surface area contributed by atoms with Crippen LogP contribution in [0.5, 0.6) is 0 Å². The molecule has 7 nitrogen and oxygen atoms in total. The van der Waals surface area contributed by atoms with Gasteiger partial charge in [-0.15, -0.1) is 0 Å². The lowest BCUT2D eigenvalue weighted by Crippen LogP contribution is -2.35. The second-order valence-electron chi connectivity index (χ2n) is 7.88. The number of benzene rings is 1. The Bertz CT molecular complexity index is 949. The predicted octanol–water partition coefficient (Wildman–Crippen LogP) is 3.84. The molecule has 1 aliphatic rings. The SMILES string of the molecule is CC(C)OC(=O)C1=CCCCC1S(=O)(=O)Nc1c(F)cc(COC(=O)C(C)C)cc1F. The van der Waals surface area contributed by atoms with Gasteiger partial charge in [-0.3, -0.25) is 9.52 Å². The second kappa shape index (κ2) is 10.2. The van der Waals surface area contributed by atoms with Crippen LogP contribution in [0.2, 0.25) is 0 Å². The van der Waals surface area contributed by atoms with Gasteiger partial charge in [0, 0.05) is 0 Å². The van der Waals surface area contributed by atoms with E-state index < -0.39 is 56.6 Å². The molecule has 1 atom stereocenters. The number of nitrogens with one attached hydrogen (secondary N) is 1. The average molecular weight is 460 g/mol. The zero-order valence-corrected chi connectivity index (χ0v) is 18.7. The van der Waals surface area contributed by atoms with Gasteiger partial charge in [-0.2, -0.15) is 0 Å². The summed E-state index contributed by atoms with van der Waals surface area (Å²) in [7, 11) is -4.35. The lowest BCUT2D eigenvalue weighted by molar-refractivity contribution is -0.148. The van der Waals surface area contributed by atoms with Crippen LogP contribution in [0.1, 0.15) is 52.5 Å². The number of halogens is 2. The summed E-state index contributed by atoms with van der Waals surface area (Å²) in [6, 6.07) is 1.78. The van der Waals surface area contributed by atoms with E-state index in [1.807, 2.05) is 4.72 Å². The summed E-state index contributed by atoms with van der Waals surface area (Å²) in [4.78, 5) is 23.8. The van der Waals surface area contributed by atoms with Crippen molar-refractivity contribution in [3.63, 3.8) is 0 Å². The highest BCUT2D eigenvalue weighted by molar-refractivity contribution is 7.93. The summed E-state index contributed by atoms with van der Waals surface area (Å²) < 4.78 is 66.7. The highest BCUT2D eigenvalue weighted by atomic mass is 32.2. The number of carbonyl (C=O) groups is 2. The molecule has 31 heavy (non-hydrogen) atoms. The predicted molar refractivity (Wildman–Crippen MR) is 110 cm³/mol. The molecular weight excluding hydrogens is 432 g/mol. The Balaban J connectivity index is 2.24. The molecule has 0 radical (unpaired) electrons. The maximum atomic E-state index is 14.5. The zero-order chi connectivity index (χ0) is 23.3. The van der Waals surface area contributed by atoms with Crippen molar-refractivity contribution in [3.8, 4) is 0 Å². The van der Waals surface area contributed by atoms with Gasteiger partial charge < -0.3 is 9.47 Å². The molecule has 172 valence electrons. The molecule has 1 unspecified atom stereocenters. The van der Waals surface area contributed by atoms with Crippen molar-refractivity contribution in [2.24, 2.45) is 5.92 Å². The number of sulfonamides is 1. The third-order valence-corrected chi connectivity index (χ3v) is 6.26. The molecule has 0 aliphatic heterocycles. The molecule has 0 aromatic heterocycles. The maximum Gasteiger partial charge on any atom is 0.335 e. The fourth-order valence-corrected chi connectivity index (χ4v) is 4.63. The quantitative estimate of drug-likeness (QED) is 0.593. The molecule has 1 aromatic carbocycles. The maximum absolute atomic E-state index is 14.5. The average Bonchev–Trinajstić information content (AvgIpc) is 2.68. The highest BCUT2D eigenvalue weighted by Crippen LogP contribution is 2.30. The number of hydrogen-bond donors (Lipinski definition) is 1. The molecule has 0 spiro atoms. The molecule has 10 heteroatoms. The number of esters is 2. The standard InChI is InChI=1S/C21H27F2NO6S/c1-12(2)20(25)29-11-14-9-16(22)19(17(23)10-14)24-31(27,28)18-8-6-5-7-15(18)21(26)30-13(3)4/h7,9-10,12-13,18,24H,5-6,8,11H2,1-4H3. The van der Waals surface area contributed by atoms with Crippen LogP contribution in [0.4, 0.5) is 14.5 Å². The topological polar surface area (TPSA) is 98.8 Å². The summed E-state index contributed by atoms with van der Waals surface area (Å²) in [6.07, 6.45) is 2.15. The van der Waals surface area contributed by atoms with Crippen molar-refractivity contribution in [2.75, 3.05) is 4.72 Å². The van der Waals surface area contributed by atoms with Crippen molar-refractivity contribution in [3.05, 3.63) is 41.0 Å². The normalized spacial score (nSPS) is 16.8. The van der Waals surface area contributed by atoms with Gasteiger partial charge in [0.15, 0.2) is 11.6 Å². The number of carbonyl (C=O) groups excluding carboxylic acids is 2. The first-order valence-corrected chi connectivity index (χ1v) is 11.5. The largest absolute Gasteiger partial charge is 0.461 e. The lowest BCUT2D eigenvalue weighted by atomic mass is 9.99. The molecule has 1 aromatic rings. The number of rotatable bonds is 8. The van der Waals surface area contributed by atoms with Crippen LogP contribution in [0.15, 0.2) is 23.8 Å². The van der Waals surface area contributed by atoms with Crippen molar-refractivity contribution in [2.45, 2.75) is 64.9 Å². The number of anilines is 1. The van der Waals surface area contributed by atoms with Crippen LogP contribution in [-0.4, -0.2) is 31.7 Å². The molecular formula is C21H27F2NO6S. The van der Waals surface area contributed by atoms with E-state index in [1.54, 1.807) is 27.7 Å². The van der Waals surface area contributed by atoms with Gasteiger partial charge >= 0.3 is 11.9 Å². The van der Waals surface area contributed by atoms with E-state index >= 15 is 0 Å². The number of hydrogen-bond acceptors (Lipinski definition) is 6. The number of ether oxygens (including phenoxy) is 2. The summed E-state index contributed by atoms with van der Waals surface area (Å²) in [6.45, 7) is 6.15. The van der Waals surface area contributed by atoms with Gasteiger partial charge in [0.2, 0.25) is 10.0 Å². The van der Waals surface area contributed by atoms with E-state index in [9.17, 15) is 26.8 Å². The Hall–Kier alpha value is -2.49. The van der Waals surface area contributed by atoms with Crippen LogP contribution in [0, 0.1) is 17.6 Å². The first kappa shape index (κ1) is 24.8. The van der Waals surface area contributed by atoms with Gasteiger partial charge in [-0.25, -0.2) is 22.0 Å². The minimum atomic E-state index is -4.35. The van der Waals surface area contributed by atoms with Crippen LogP contribution in [-0.2, 0) is 35.7 Å². The van der Waals surface area contributed by atoms with Crippen molar-refractivity contribution in [1.29, 1.82) is 0 Å². The van der Waals surface area contributed by atoms with E-state index in [0.29, 0.717) is 12.8 Å². The first-order valence-electron chi connectivity index (χ1n) is 9.99. The number of allylic oxidation sites excluding steroid dienone is 1. The molecule has 0 saturated carbocycles. The van der Waals surface area contributed by atoms with Gasteiger partial charge in [0.05, 0.1) is 17.6 Å². The van der Waals surface area contributed by atoms with E-state index in [-0.39, 0.29) is 24.2 Å². The molecule has 1 aliphatic carbocycles. The van der Waals surface area contributed by atoms with Crippen LogP contribution in [0.25, 0.3) is 0 Å². The Morgan fingerprint density at radius 1 is 1.16 bits per heavy atom. The van der Waals surface area contributed by atoms with Crippen molar-refractivity contribution < 1.29 is 36.3 Å². The van der Waals surface area contributed by atoms with Gasteiger partial charge in [-0.1, -0.05) is 19.9 Å². The molecule has 0 heterocycles. The van der Waals surface area contributed by atoms with Crippen molar-refractivity contribution in [1.82, 2.24) is 0 Å². The summed E-state index contributed by atoms with van der Waals surface area (Å²) in [5, 5.41) is -1.29. The molecule has 0 saturated heterocycles. The van der Waals surface area contributed by atoms with E-state index in [4.69, 9.17) is 9.47 Å². The van der Waals surface area contributed by atoms with Crippen molar-refractivity contribution >= 4 is 27.6 Å². The van der Waals surface area contributed by atoms with E-state index in [2.05, 4.69) is 0 Å². The third-order valence-electron chi connectivity index (χ3n) is 4.53. The summed E-state index contributed by atoms with van der Waals surface area (Å²) in [5.41, 5.74) is -0.878. The molecule has 0 fully saturated rings.